The summed E-state index contributed by atoms with van der Waals surface area (Å²) >= 11 is 5.91. The molecule has 0 spiro atoms. The van der Waals surface area contributed by atoms with Crippen LogP contribution in [0.5, 0.6) is 0 Å². The van der Waals surface area contributed by atoms with Gasteiger partial charge in [0.2, 0.25) is 0 Å². The van der Waals surface area contributed by atoms with Crippen molar-refractivity contribution in [3.05, 3.63) is 41.0 Å². The largest absolute Gasteiger partial charge is 0.469 e. The van der Waals surface area contributed by atoms with Gasteiger partial charge in [0.15, 0.2) is 5.76 Å². The summed E-state index contributed by atoms with van der Waals surface area (Å²) in [6.45, 7) is 3.65. The maximum Gasteiger partial charge on any atom is 0.310 e. The summed E-state index contributed by atoms with van der Waals surface area (Å²) in [7, 11) is 1.41. The fraction of sp³-hybridized carbons (Fsp3) is 0.444. The van der Waals surface area contributed by atoms with E-state index < -0.39 is 0 Å². The second-order valence-corrected chi connectivity index (χ2v) is 6.46. The fourth-order valence-corrected chi connectivity index (χ4v) is 3.02. The molecule has 134 valence electrons. The highest BCUT2D eigenvalue weighted by Gasteiger charge is 2.25. The van der Waals surface area contributed by atoms with Gasteiger partial charge in [-0.25, -0.2) is 0 Å². The van der Waals surface area contributed by atoms with E-state index in [1.165, 1.54) is 7.11 Å². The van der Waals surface area contributed by atoms with Crippen LogP contribution in [0.25, 0.3) is 11.3 Å². The number of nitrogens with zero attached hydrogens (tertiary/aromatic N) is 2. The number of carbonyl (C=O) groups excluding carboxylic acids is 1. The Morgan fingerprint density at radius 2 is 2.04 bits per heavy atom. The summed E-state index contributed by atoms with van der Waals surface area (Å²) in [5, 5.41) is 4.77. The highest BCUT2D eigenvalue weighted by Crippen LogP contribution is 2.23. The molecule has 0 amide bonds. The van der Waals surface area contributed by atoms with Crippen LogP contribution in [0.15, 0.2) is 34.9 Å². The number of benzene rings is 1. The Balaban J connectivity index is 1.68. The van der Waals surface area contributed by atoms with Crippen LogP contribution in [0.3, 0.4) is 0 Å². The van der Waals surface area contributed by atoms with Crippen LogP contribution in [-0.4, -0.2) is 56.0 Å². The van der Waals surface area contributed by atoms with Crippen molar-refractivity contribution in [2.75, 3.05) is 40.0 Å². The molecule has 1 saturated heterocycles. The zero-order valence-electron chi connectivity index (χ0n) is 14.1. The van der Waals surface area contributed by atoms with E-state index in [-0.39, 0.29) is 11.9 Å². The van der Waals surface area contributed by atoms with Gasteiger partial charge in [-0.3, -0.25) is 9.69 Å². The SMILES string of the molecule is COC(=O)C(Cc1cc(-c2ccc(Cl)cc2)on1)CN1CCOCC1. The summed E-state index contributed by atoms with van der Waals surface area (Å²) in [6.07, 6.45) is 0.473. The van der Waals surface area contributed by atoms with E-state index in [0.717, 1.165) is 24.3 Å². The third-order valence-corrected chi connectivity index (χ3v) is 4.51. The van der Waals surface area contributed by atoms with Crippen LogP contribution in [0.1, 0.15) is 5.69 Å². The van der Waals surface area contributed by atoms with E-state index in [4.69, 9.17) is 25.6 Å². The lowest BCUT2D eigenvalue weighted by Crippen LogP contribution is -2.41. The first kappa shape index (κ1) is 17.9. The van der Waals surface area contributed by atoms with Crippen LogP contribution in [0.4, 0.5) is 0 Å². The van der Waals surface area contributed by atoms with Gasteiger partial charge in [-0.05, 0) is 24.3 Å². The highest BCUT2D eigenvalue weighted by molar-refractivity contribution is 6.30. The molecule has 2 aromatic rings. The maximum absolute atomic E-state index is 12.2. The zero-order valence-corrected chi connectivity index (χ0v) is 14.9. The Morgan fingerprint density at radius 1 is 1.32 bits per heavy atom. The number of hydrogen-bond donors (Lipinski definition) is 0. The predicted octanol–water partition coefficient (Wildman–Crippen LogP) is 2.66. The lowest BCUT2D eigenvalue weighted by molar-refractivity contribution is -0.146. The number of aromatic nitrogens is 1. The molecular formula is C18H21ClN2O4. The van der Waals surface area contributed by atoms with Gasteiger partial charge in [0.05, 0.1) is 31.9 Å². The lowest BCUT2D eigenvalue weighted by Gasteiger charge is -2.29. The smallest absolute Gasteiger partial charge is 0.310 e. The Labute approximate surface area is 151 Å². The van der Waals surface area contributed by atoms with Crippen LogP contribution >= 0.6 is 11.6 Å². The molecule has 1 aliphatic heterocycles. The Morgan fingerprint density at radius 3 is 2.72 bits per heavy atom. The molecule has 0 saturated carbocycles. The van der Waals surface area contributed by atoms with Gasteiger partial charge in [-0.1, -0.05) is 16.8 Å². The number of halogens is 1. The third kappa shape index (κ3) is 4.81. The number of esters is 1. The third-order valence-electron chi connectivity index (χ3n) is 4.26. The first-order valence-electron chi connectivity index (χ1n) is 8.25. The van der Waals surface area contributed by atoms with Crippen molar-refractivity contribution in [3.8, 4) is 11.3 Å². The van der Waals surface area contributed by atoms with Gasteiger partial charge in [-0.15, -0.1) is 0 Å². The molecule has 0 radical (unpaired) electrons. The van der Waals surface area contributed by atoms with Crippen LogP contribution in [0.2, 0.25) is 5.02 Å². The molecule has 1 fully saturated rings. The maximum atomic E-state index is 12.2. The summed E-state index contributed by atoms with van der Waals surface area (Å²) in [5.41, 5.74) is 1.62. The minimum atomic E-state index is -0.286. The molecule has 0 aliphatic carbocycles. The van der Waals surface area contributed by atoms with E-state index in [1.54, 1.807) is 12.1 Å². The molecule has 3 rings (SSSR count). The van der Waals surface area contributed by atoms with Crippen molar-refractivity contribution < 1.29 is 18.8 Å². The monoisotopic (exact) mass is 364 g/mol. The number of rotatable bonds is 6. The Bertz CT molecular complexity index is 695. The molecular weight excluding hydrogens is 344 g/mol. The normalized spacial score (nSPS) is 16.6. The van der Waals surface area contributed by atoms with E-state index >= 15 is 0 Å². The number of carbonyl (C=O) groups is 1. The van der Waals surface area contributed by atoms with Crippen LogP contribution in [-0.2, 0) is 20.7 Å². The molecule has 2 heterocycles. The molecule has 1 aromatic heterocycles. The van der Waals surface area contributed by atoms with E-state index in [9.17, 15) is 4.79 Å². The minimum absolute atomic E-state index is 0.234. The molecule has 1 unspecified atom stereocenters. The minimum Gasteiger partial charge on any atom is -0.469 e. The second-order valence-electron chi connectivity index (χ2n) is 6.03. The average Bonchev–Trinajstić information content (AvgIpc) is 3.10. The summed E-state index contributed by atoms with van der Waals surface area (Å²) in [4.78, 5) is 14.4. The summed E-state index contributed by atoms with van der Waals surface area (Å²) in [5.74, 6) is 0.135. The van der Waals surface area contributed by atoms with Gasteiger partial charge >= 0.3 is 5.97 Å². The topological polar surface area (TPSA) is 64.8 Å². The molecule has 1 atom stereocenters. The summed E-state index contributed by atoms with van der Waals surface area (Å²) < 4.78 is 15.7. The van der Waals surface area contributed by atoms with Crippen molar-refractivity contribution in [1.82, 2.24) is 10.1 Å². The molecule has 1 aromatic carbocycles. The van der Waals surface area contributed by atoms with E-state index in [0.29, 0.717) is 37.0 Å². The Kier molecular flexibility index (Phi) is 6.07. The highest BCUT2D eigenvalue weighted by atomic mass is 35.5. The van der Waals surface area contributed by atoms with Crippen LogP contribution < -0.4 is 0 Å². The summed E-state index contributed by atoms with van der Waals surface area (Å²) in [6, 6.07) is 9.21. The molecule has 6 nitrogen and oxygen atoms in total. The fourth-order valence-electron chi connectivity index (χ4n) is 2.90. The zero-order chi connectivity index (χ0) is 17.6. The number of morpholine rings is 1. The van der Waals surface area contributed by atoms with Gasteiger partial charge in [0.25, 0.3) is 0 Å². The average molecular weight is 365 g/mol. The molecule has 0 bridgehead atoms. The number of ether oxygens (including phenoxy) is 2. The van der Waals surface area contributed by atoms with E-state index in [1.807, 2.05) is 18.2 Å². The molecule has 7 heteroatoms. The van der Waals surface area contributed by atoms with Crippen molar-refractivity contribution in [2.24, 2.45) is 5.92 Å². The van der Waals surface area contributed by atoms with Crippen molar-refractivity contribution in [1.29, 1.82) is 0 Å². The van der Waals surface area contributed by atoms with Gasteiger partial charge < -0.3 is 14.0 Å². The molecule has 1 aliphatic rings. The van der Waals surface area contributed by atoms with Crippen molar-refractivity contribution >= 4 is 17.6 Å². The predicted molar refractivity (Wildman–Crippen MR) is 93.4 cm³/mol. The first-order chi connectivity index (χ1) is 12.2. The molecule has 25 heavy (non-hydrogen) atoms. The van der Waals surface area contributed by atoms with Gasteiger partial charge in [0, 0.05) is 42.7 Å². The quantitative estimate of drug-likeness (QED) is 0.734. The van der Waals surface area contributed by atoms with Gasteiger partial charge in [-0.2, -0.15) is 0 Å². The number of hydrogen-bond acceptors (Lipinski definition) is 6. The standard InChI is InChI=1S/C18H21ClN2O4/c1-23-18(22)14(12-21-6-8-24-9-7-21)10-16-11-17(25-20-16)13-2-4-15(19)5-3-13/h2-5,11,14H,6-10,12H2,1H3. The molecule has 0 N–H and O–H groups in total. The van der Waals surface area contributed by atoms with Crippen LogP contribution in [0, 0.1) is 5.92 Å². The van der Waals surface area contributed by atoms with Crippen molar-refractivity contribution in [2.45, 2.75) is 6.42 Å². The van der Waals surface area contributed by atoms with E-state index in [2.05, 4.69) is 10.1 Å². The lowest BCUT2D eigenvalue weighted by atomic mass is 10.0. The number of methoxy groups -OCH3 is 1. The first-order valence-corrected chi connectivity index (χ1v) is 8.63. The Hall–Kier alpha value is -1.89. The second kappa shape index (κ2) is 8.47. The van der Waals surface area contributed by atoms with Crippen molar-refractivity contribution in [3.63, 3.8) is 0 Å². The van der Waals surface area contributed by atoms with Gasteiger partial charge in [0.1, 0.15) is 0 Å².